The summed E-state index contributed by atoms with van der Waals surface area (Å²) in [6, 6.07) is 23.7. The van der Waals surface area contributed by atoms with Gasteiger partial charge in [0.25, 0.3) is 0 Å². The number of fused-ring (bicyclic) bond motifs is 3. The van der Waals surface area contributed by atoms with Gasteiger partial charge in [-0.15, -0.1) is 0 Å². The molecule has 1 aliphatic heterocycles. The predicted molar refractivity (Wildman–Crippen MR) is 103 cm³/mol. The Labute approximate surface area is 143 Å². The van der Waals surface area contributed by atoms with Gasteiger partial charge in [0.1, 0.15) is 7.05 Å². The van der Waals surface area contributed by atoms with Crippen LogP contribution < -0.4 is 0 Å². The lowest BCUT2D eigenvalue weighted by Crippen LogP contribution is -2.26. The molecule has 3 aromatic carbocycles. The lowest BCUT2D eigenvalue weighted by molar-refractivity contribution is -0.401. The summed E-state index contributed by atoms with van der Waals surface area (Å²) in [5, 5.41) is 2.67. The maximum Gasteiger partial charge on any atom is 0.210 e. The minimum atomic E-state index is -0.0176. The van der Waals surface area contributed by atoms with Gasteiger partial charge in [-0.25, -0.2) is 0 Å². The molecular formula is C23H22N+. The lowest BCUT2D eigenvalue weighted by Gasteiger charge is -2.17. The van der Waals surface area contributed by atoms with Gasteiger partial charge in [0.2, 0.25) is 5.69 Å². The van der Waals surface area contributed by atoms with Crippen LogP contribution in [0.5, 0.6) is 0 Å². The molecule has 0 radical (unpaired) electrons. The summed E-state index contributed by atoms with van der Waals surface area (Å²) in [6.45, 7) is 4.65. The smallest absolute Gasteiger partial charge is 0.198 e. The van der Waals surface area contributed by atoms with Gasteiger partial charge < -0.3 is 0 Å². The Kier molecular flexibility index (Phi) is 3.38. The Morgan fingerprint density at radius 1 is 0.792 bits per heavy atom. The molecule has 0 unspecified atom stereocenters. The van der Waals surface area contributed by atoms with Crippen molar-refractivity contribution in [2.24, 2.45) is 0 Å². The third kappa shape index (κ3) is 2.20. The van der Waals surface area contributed by atoms with Crippen LogP contribution in [0.1, 0.15) is 25.0 Å². The summed E-state index contributed by atoms with van der Waals surface area (Å²) in [6.07, 6.45) is 4.48. The zero-order valence-electron chi connectivity index (χ0n) is 14.5. The van der Waals surface area contributed by atoms with Crippen molar-refractivity contribution in [3.05, 3.63) is 83.9 Å². The van der Waals surface area contributed by atoms with Crippen LogP contribution in [-0.4, -0.2) is 17.3 Å². The quantitative estimate of drug-likeness (QED) is 0.545. The third-order valence-corrected chi connectivity index (χ3v) is 5.13. The summed E-state index contributed by atoms with van der Waals surface area (Å²) in [5.41, 5.74) is 5.28. The topological polar surface area (TPSA) is 3.01 Å². The number of rotatable bonds is 2. The highest BCUT2D eigenvalue weighted by Crippen LogP contribution is 2.43. The van der Waals surface area contributed by atoms with Crippen molar-refractivity contribution in [3.63, 3.8) is 0 Å². The molecular weight excluding hydrogens is 290 g/mol. The van der Waals surface area contributed by atoms with Gasteiger partial charge in [-0.05, 0) is 42.3 Å². The minimum Gasteiger partial charge on any atom is -0.198 e. The average molecular weight is 312 g/mol. The van der Waals surface area contributed by atoms with Crippen LogP contribution in [0.15, 0.2) is 72.8 Å². The van der Waals surface area contributed by atoms with Crippen molar-refractivity contribution < 1.29 is 4.58 Å². The van der Waals surface area contributed by atoms with Crippen LogP contribution in [0.25, 0.3) is 16.8 Å². The summed E-state index contributed by atoms with van der Waals surface area (Å²) >= 11 is 0. The van der Waals surface area contributed by atoms with Crippen LogP contribution in [0.3, 0.4) is 0 Å². The fraction of sp³-hybridized carbons (Fsp3) is 0.174. The van der Waals surface area contributed by atoms with Crippen molar-refractivity contribution in [2.45, 2.75) is 19.3 Å². The van der Waals surface area contributed by atoms with Crippen molar-refractivity contribution in [1.29, 1.82) is 0 Å². The molecule has 0 saturated heterocycles. The van der Waals surface area contributed by atoms with Crippen LogP contribution in [-0.2, 0) is 5.41 Å². The molecule has 1 heterocycles. The molecule has 118 valence electrons. The summed E-state index contributed by atoms with van der Waals surface area (Å²) in [4.78, 5) is 0. The Morgan fingerprint density at radius 2 is 1.50 bits per heavy atom. The number of hydrogen-bond donors (Lipinski definition) is 0. The van der Waals surface area contributed by atoms with E-state index in [1.807, 2.05) is 0 Å². The zero-order valence-corrected chi connectivity index (χ0v) is 14.5. The van der Waals surface area contributed by atoms with E-state index in [0.29, 0.717) is 0 Å². The second kappa shape index (κ2) is 5.45. The highest BCUT2D eigenvalue weighted by molar-refractivity contribution is 6.09. The van der Waals surface area contributed by atoms with Gasteiger partial charge in [-0.1, -0.05) is 54.6 Å². The first-order chi connectivity index (χ1) is 11.6. The SMILES string of the molecule is C[N+]1=C(/C=C/c2ccccc2)C(C)(C)c2c1ccc1ccccc21. The molecule has 4 rings (SSSR count). The van der Waals surface area contributed by atoms with Crippen molar-refractivity contribution in [1.82, 2.24) is 0 Å². The molecule has 0 fully saturated rings. The van der Waals surface area contributed by atoms with E-state index in [1.165, 1.54) is 33.3 Å². The largest absolute Gasteiger partial charge is 0.210 e. The van der Waals surface area contributed by atoms with Crippen LogP contribution in [0.2, 0.25) is 0 Å². The second-order valence-corrected chi connectivity index (χ2v) is 6.99. The van der Waals surface area contributed by atoms with E-state index in [1.54, 1.807) is 0 Å². The molecule has 0 aliphatic carbocycles. The van der Waals surface area contributed by atoms with E-state index in [0.717, 1.165) is 0 Å². The first-order valence-electron chi connectivity index (χ1n) is 8.45. The standard InChI is InChI=1S/C23H22N/c1-23(2)21(16-13-17-9-5-4-6-10-17)24(3)20-15-14-18-11-7-8-12-19(18)22(20)23/h4-16H,1-3H3/q+1/b16-13+. The van der Waals surface area contributed by atoms with E-state index in [4.69, 9.17) is 0 Å². The minimum absolute atomic E-state index is 0.0176. The zero-order chi connectivity index (χ0) is 16.7. The average Bonchev–Trinajstić information content (AvgIpc) is 2.80. The lowest BCUT2D eigenvalue weighted by atomic mass is 9.79. The molecule has 0 saturated carbocycles. The molecule has 1 aliphatic rings. The van der Waals surface area contributed by atoms with E-state index >= 15 is 0 Å². The Bertz CT molecular complexity index is 975. The normalized spacial score (nSPS) is 16.1. The monoisotopic (exact) mass is 312 g/mol. The van der Waals surface area contributed by atoms with Gasteiger partial charge in [0.05, 0.1) is 5.41 Å². The first-order valence-corrected chi connectivity index (χ1v) is 8.45. The van der Waals surface area contributed by atoms with E-state index < -0.39 is 0 Å². The van der Waals surface area contributed by atoms with Crippen LogP contribution in [0.4, 0.5) is 5.69 Å². The highest BCUT2D eigenvalue weighted by atomic mass is 15.0. The molecule has 0 bridgehead atoms. The molecule has 0 atom stereocenters. The predicted octanol–water partition coefficient (Wildman–Crippen LogP) is 5.56. The van der Waals surface area contributed by atoms with E-state index in [2.05, 4.69) is 104 Å². The maximum atomic E-state index is 2.33. The molecule has 1 heteroatoms. The number of nitrogens with zero attached hydrogens (tertiary/aromatic N) is 1. The Balaban J connectivity index is 1.86. The van der Waals surface area contributed by atoms with E-state index in [-0.39, 0.29) is 5.41 Å². The number of benzene rings is 3. The Morgan fingerprint density at radius 3 is 2.29 bits per heavy atom. The van der Waals surface area contributed by atoms with Gasteiger partial charge in [0, 0.05) is 17.7 Å². The molecule has 0 spiro atoms. The van der Waals surface area contributed by atoms with Gasteiger partial charge in [-0.2, -0.15) is 4.58 Å². The number of hydrogen-bond acceptors (Lipinski definition) is 0. The fourth-order valence-electron chi connectivity index (χ4n) is 3.93. The van der Waals surface area contributed by atoms with Crippen LogP contribution in [0, 0.1) is 0 Å². The number of allylic oxidation sites excluding steroid dienone is 1. The van der Waals surface area contributed by atoms with Gasteiger partial charge >= 0.3 is 0 Å². The molecule has 0 amide bonds. The molecule has 0 N–H and O–H groups in total. The molecule has 24 heavy (non-hydrogen) atoms. The Hall–Kier alpha value is -2.67. The van der Waals surface area contributed by atoms with E-state index in [9.17, 15) is 0 Å². The first kappa shape index (κ1) is 14.9. The molecule has 0 aromatic heterocycles. The molecule has 1 nitrogen and oxygen atoms in total. The summed E-state index contributed by atoms with van der Waals surface area (Å²) < 4.78 is 2.33. The second-order valence-electron chi connectivity index (χ2n) is 6.99. The van der Waals surface area contributed by atoms with Crippen molar-refractivity contribution >= 4 is 28.2 Å². The van der Waals surface area contributed by atoms with Crippen molar-refractivity contribution in [2.75, 3.05) is 7.05 Å². The van der Waals surface area contributed by atoms with Gasteiger partial charge in [0.15, 0.2) is 5.71 Å². The maximum absolute atomic E-state index is 2.33. The highest BCUT2D eigenvalue weighted by Gasteiger charge is 2.43. The fourth-order valence-corrected chi connectivity index (χ4v) is 3.93. The van der Waals surface area contributed by atoms with Crippen molar-refractivity contribution in [3.8, 4) is 0 Å². The van der Waals surface area contributed by atoms with Crippen LogP contribution >= 0.6 is 0 Å². The van der Waals surface area contributed by atoms with Gasteiger partial charge in [-0.3, -0.25) is 0 Å². The summed E-state index contributed by atoms with van der Waals surface area (Å²) in [5.74, 6) is 0. The third-order valence-electron chi connectivity index (χ3n) is 5.13. The summed E-state index contributed by atoms with van der Waals surface area (Å²) in [7, 11) is 2.17. The molecule has 3 aromatic rings.